The van der Waals surface area contributed by atoms with Crippen molar-refractivity contribution in [3.63, 3.8) is 0 Å². The molecule has 0 amide bonds. The summed E-state index contributed by atoms with van der Waals surface area (Å²) in [6.07, 6.45) is 10.8. The van der Waals surface area contributed by atoms with E-state index in [9.17, 15) is 4.79 Å². The number of allylic oxidation sites excluding steroid dienone is 2. The minimum atomic E-state index is -0.0521. The number of ether oxygens (including phenoxy) is 1. The lowest BCUT2D eigenvalue weighted by Gasteiger charge is -2.23. The summed E-state index contributed by atoms with van der Waals surface area (Å²) in [6.45, 7) is 8.71. The van der Waals surface area contributed by atoms with Gasteiger partial charge in [-0.25, -0.2) is 0 Å². The molecule has 0 saturated heterocycles. The second kappa shape index (κ2) is 11.5. The van der Waals surface area contributed by atoms with Gasteiger partial charge in [0.05, 0.1) is 5.56 Å². The van der Waals surface area contributed by atoms with Gasteiger partial charge in [-0.1, -0.05) is 55.4 Å². The van der Waals surface area contributed by atoms with E-state index in [-0.39, 0.29) is 5.56 Å². The highest BCUT2D eigenvalue weighted by molar-refractivity contribution is 5.80. The van der Waals surface area contributed by atoms with Crippen molar-refractivity contribution in [1.82, 2.24) is 20.4 Å². The highest BCUT2D eigenvalue weighted by atomic mass is 16.5. The molecule has 5 rings (SSSR count). The summed E-state index contributed by atoms with van der Waals surface area (Å²) in [6, 6.07) is 13.6. The van der Waals surface area contributed by atoms with Crippen molar-refractivity contribution in [2.24, 2.45) is 5.92 Å². The maximum Gasteiger partial charge on any atom is 0.248 e. The van der Waals surface area contributed by atoms with E-state index in [1.54, 1.807) is 12.3 Å². The van der Waals surface area contributed by atoms with Gasteiger partial charge in [-0.2, -0.15) is 0 Å². The van der Waals surface area contributed by atoms with Gasteiger partial charge in [-0.05, 0) is 55.2 Å². The third-order valence-corrected chi connectivity index (χ3v) is 5.84. The summed E-state index contributed by atoms with van der Waals surface area (Å²) in [5.74, 6) is 2.17. The first-order valence-electron chi connectivity index (χ1n) is 12.1. The van der Waals surface area contributed by atoms with Crippen LogP contribution in [0.3, 0.4) is 0 Å². The number of hydrogen-bond acceptors (Lipinski definition) is 6. The number of nitrogens with one attached hydrogen (secondary N) is 2. The van der Waals surface area contributed by atoms with Crippen LogP contribution < -0.4 is 10.9 Å². The van der Waals surface area contributed by atoms with Gasteiger partial charge in [0, 0.05) is 35.8 Å². The van der Waals surface area contributed by atoms with Gasteiger partial charge < -0.3 is 19.6 Å². The van der Waals surface area contributed by atoms with E-state index in [1.807, 2.05) is 68.6 Å². The van der Waals surface area contributed by atoms with E-state index < -0.39 is 0 Å². The molecule has 1 unspecified atom stereocenters. The number of benzene rings is 1. The molecule has 4 aromatic rings. The fourth-order valence-electron chi connectivity index (χ4n) is 3.94. The first kappa shape index (κ1) is 25.0. The highest BCUT2D eigenvalue weighted by Crippen LogP contribution is 2.26. The van der Waals surface area contributed by atoms with Crippen molar-refractivity contribution in [3.05, 3.63) is 106 Å². The lowest BCUT2D eigenvalue weighted by Crippen LogP contribution is -2.30. The molecule has 0 aliphatic carbocycles. The van der Waals surface area contributed by atoms with Crippen LogP contribution in [0.1, 0.15) is 37.3 Å². The predicted molar refractivity (Wildman–Crippen MR) is 142 cm³/mol. The SMILES string of the molecule is Cc1ccc(-c2noc(C)c2COC2=CC=CC(CC(C)C)N2)cn1.O=c1cc2ccccc2c[nH]1. The Hall–Kier alpha value is -4.13. The molecule has 0 radical (unpaired) electrons. The molecule has 1 aliphatic rings. The standard InChI is InChI=1S/C20H25N3O2.C9H7NO/c1-13(2)10-17-6-5-7-19(22-17)24-12-18-15(4)25-23-20(18)16-9-8-14(3)21-11-16;11-9-5-7-3-1-2-4-8(7)6-10-9/h5-9,11,13,17,22H,10,12H2,1-4H3;1-6H,(H,10,11). The quantitative estimate of drug-likeness (QED) is 0.359. The average molecular weight is 485 g/mol. The van der Waals surface area contributed by atoms with E-state index >= 15 is 0 Å². The van der Waals surface area contributed by atoms with Gasteiger partial charge in [0.2, 0.25) is 5.56 Å². The Morgan fingerprint density at radius 1 is 1.11 bits per heavy atom. The number of aromatic nitrogens is 3. The van der Waals surface area contributed by atoms with Gasteiger partial charge >= 0.3 is 0 Å². The fraction of sp³-hybridized carbons (Fsp3) is 0.276. The molecule has 0 spiro atoms. The maximum atomic E-state index is 10.8. The van der Waals surface area contributed by atoms with Crippen molar-refractivity contribution < 1.29 is 9.26 Å². The molecule has 1 aromatic carbocycles. The van der Waals surface area contributed by atoms with Gasteiger partial charge in [-0.3, -0.25) is 9.78 Å². The topological polar surface area (TPSA) is 93.0 Å². The number of fused-ring (bicyclic) bond motifs is 1. The summed E-state index contributed by atoms with van der Waals surface area (Å²) in [5.41, 5.74) is 3.59. The minimum absolute atomic E-state index is 0.0521. The molecule has 4 heterocycles. The number of dihydropyridines is 1. The van der Waals surface area contributed by atoms with E-state index in [0.29, 0.717) is 18.6 Å². The predicted octanol–water partition coefficient (Wildman–Crippen LogP) is 5.81. The Morgan fingerprint density at radius 3 is 2.67 bits per heavy atom. The van der Waals surface area contributed by atoms with E-state index in [4.69, 9.17) is 9.26 Å². The zero-order valence-electron chi connectivity index (χ0n) is 21.1. The number of aromatic amines is 1. The summed E-state index contributed by atoms with van der Waals surface area (Å²) >= 11 is 0. The van der Waals surface area contributed by atoms with Gasteiger partial charge in [0.15, 0.2) is 5.88 Å². The van der Waals surface area contributed by atoms with Crippen LogP contribution in [0, 0.1) is 19.8 Å². The van der Waals surface area contributed by atoms with Crippen LogP contribution in [0.4, 0.5) is 0 Å². The normalized spacial score (nSPS) is 14.7. The number of pyridine rings is 2. The van der Waals surface area contributed by atoms with Crippen LogP contribution in [-0.2, 0) is 11.3 Å². The summed E-state index contributed by atoms with van der Waals surface area (Å²) in [5, 5.41) is 9.65. The van der Waals surface area contributed by atoms with E-state index in [0.717, 1.165) is 51.4 Å². The number of aryl methyl sites for hydroxylation is 2. The maximum absolute atomic E-state index is 10.8. The fourth-order valence-corrected chi connectivity index (χ4v) is 3.94. The molecule has 7 nitrogen and oxygen atoms in total. The second-order valence-electron chi connectivity index (χ2n) is 9.27. The van der Waals surface area contributed by atoms with Gasteiger partial charge in [0.25, 0.3) is 0 Å². The van der Waals surface area contributed by atoms with Crippen molar-refractivity contribution >= 4 is 10.8 Å². The molecule has 3 aromatic heterocycles. The number of nitrogens with zero attached hydrogens (tertiary/aromatic N) is 2. The smallest absolute Gasteiger partial charge is 0.248 e. The molecular formula is C29H32N4O3. The minimum Gasteiger partial charge on any atom is -0.474 e. The Kier molecular flexibility index (Phi) is 8.00. The summed E-state index contributed by atoms with van der Waals surface area (Å²) < 4.78 is 11.4. The molecular weight excluding hydrogens is 452 g/mol. The Labute approximate surface area is 210 Å². The van der Waals surface area contributed by atoms with Crippen LogP contribution in [0.15, 0.2) is 88.3 Å². The van der Waals surface area contributed by atoms with E-state index in [2.05, 4.69) is 40.4 Å². The molecule has 36 heavy (non-hydrogen) atoms. The lowest BCUT2D eigenvalue weighted by molar-refractivity contribution is 0.169. The molecule has 186 valence electrons. The van der Waals surface area contributed by atoms with Crippen molar-refractivity contribution in [3.8, 4) is 11.3 Å². The molecule has 0 bridgehead atoms. The first-order valence-corrected chi connectivity index (χ1v) is 12.1. The molecule has 2 N–H and O–H groups in total. The van der Waals surface area contributed by atoms with Crippen LogP contribution in [0.5, 0.6) is 0 Å². The average Bonchev–Trinajstić information content (AvgIpc) is 3.23. The molecule has 0 saturated carbocycles. The zero-order chi connectivity index (χ0) is 25.5. The van der Waals surface area contributed by atoms with Crippen LogP contribution in [0.2, 0.25) is 0 Å². The summed E-state index contributed by atoms with van der Waals surface area (Å²) in [7, 11) is 0. The molecule has 1 aliphatic heterocycles. The highest BCUT2D eigenvalue weighted by Gasteiger charge is 2.18. The van der Waals surface area contributed by atoms with Gasteiger partial charge in [0.1, 0.15) is 18.1 Å². The zero-order valence-corrected chi connectivity index (χ0v) is 21.1. The lowest BCUT2D eigenvalue weighted by atomic mass is 10.0. The summed E-state index contributed by atoms with van der Waals surface area (Å²) in [4.78, 5) is 17.8. The Bertz CT molecular complexity index is 1410. The third kappa shape index (κ3) is 6.50. The monoisotopic (exact) mass is 484 g/mol. The Morgan fingerprint density at radius 2 is 1.92 bits per heavy atom. The van der Waals surface area contributed by atoms with Crippen molar-refractivity contribution in [2.45, 2.75) is 46.8 Å². The number of rotatable bonds is 6. The number of hydrogen-bond donors (Lipinski definition) is 2. The molecule has 0 fully saturated rings. The second-order valence-corrected chi connectivity index (χ2v) is 9.27. The molecule has 1 atom stereocenters. The number of H-pyrrole nitrogens is 1. The molecule has 7 heteroatoms. The largest absolute Gasteiger partial charge is 0.474 e. The van der Waals surface area contributed by atoms with E-state index in [1.165, 1.54) is 0 Å². The first-order chi connectivity index (χ1) is 17.4. The van der Waals surface area contributed by atoms with Crippen LogP contribution in [-0.4, -0.2) is 21.2 Å². The van der Waals surface area contributed by atoms with Crippen LogP contribution >= 0.6 is 0 Å². The van der Waals surface area contributed by atoms with Crippen molar-refractivity contribution in [2.75, 3.05) is 0 Å². The van der Waals surface area contributed by atoms with Crippen molar-refractivity contribution in [1.29, 1.82) is 0 Å². The van der Waals surface area contributed by atoms with Crippen LogP contribution in [0.25, 0.3) is 22.0 Å². The van der Waals surface area contributed by atoms with Gasteiger partial charge in [-0.15, -0.1) is 0 Å². The Balaban J connectivity index is 0.000000229. The third-order valence-electron chi connectivity index (χ3n) is 5.84.